The lowest BCUT2D eigenvalue weighted by atomic mass is 9.80. The maximum absolute atomic E-state index is 12.3. The predicted molar refractivity (Wildman–Crippen MR) is 83.1 cm³/mol. The number of rotatable bonds is 5. The summed E-state index contributed by atoms with van der Waals surface area (Å²) in [5.41, 5.74) is 0. The molecule has 6 nitrogen and oxygen atoms in total. The van der Waals surface area contributed by atoms with Crippen LogP contribution in [0.15, 0.2) is 9.63 Å². The van der Waals surface area contributed by atoms with E-state index in [2.05, 4.69) is 46.9 Å². The van der Waals surface area contributed by atoms with E-state index in [0.717, 1.165) is 18.2 Å². The third-order valence-electron chi connectivity index (χ3n) is 3.79. The lowest BCUT2D eigenvalue weighted by molar-refractivity contribution is 0.263. The lowest BCUT2D eigenvalue weighted by Crippen LogP contribution is -2.35. The summed E-state index contributed by atoms with van der Waals surface area (Å²) in [6.07, 6.45) is 4.64. The van der Waals surface area contributed by atoms with Gasteiger partial charge in [-0.1, -0.05) is 34.0 Å². The highest BCUT2D eigenvalue weighted by Gasteiger charge is 2.28. The Kier molecular flexibility index (Phi) is 5.61. The Hall–Kier alpha value is 0.01000. The fraction of sp³-hybridized carbons (Fsp3) is 0.818. The van der Waals surface area contributed by atoms with Crippen LogP contribution in [0.1, 0.15) is 25.7 Å². The standard InChI is InChI=1S/C11H18Br2N4O2S/c1-17-11(10(13)15-16-17)20(18,19)14-7-9-5-3-2-4-8(9)6-12/h8-9,14H,2-7H2,1H3. The molecule has 114 valence electrons. The summed E-state index contributed by atoms with van der Waals surface area (Å²) >= 11 is 6.65. The molecule has 1 saturated carbocycles. The van der Waals surface area contributed by atoms with Gasteiger partial charge >= 0.3 is 0 Å². The van der Waals surface area contributed by atoms with Crippen LogP contribution in [0.4, 0.5) is 0 Å². The molecule has 1 N–H and O–H groups in total. The Morgan fingerprint density at radius 2 is 2.00 bits per heavy atom. The first-order valence-corrected chi connectivity index (χ1v) is 9.96. The van der Waals surface area contributed by atoms with E-state index in [1.807, 2.05) is 0 Å². The van der Waals surface area contributed by atoms with Crippen molar-refractivity contribution in [2.24, 2.45) is 18.9 Å². The van der Waals surface area contributed by atoms with Gasteiger partial charge in [0.05, 0.1) is 0 Å². The smallest absolute Gasteiger partial charge is 0.235 e. The monoisotopic (exact) mass is 428 g/mol. The molecule has 0 aromatic carbocycles. The van der Waals surface area contributed by atoms with Crippen molar-refractivity contribution in [1.82, 2.24) is 19.7 Å². The van der Waals surface area contributed by atoms with Crippen LogP contribution in [0.25, 0.3) is 0 Å². The summed E-state index contributed by atoms with van der Waals surface area (Å²) in [6.45, 7) is 0.468. The van der Waals surface area contributed by atoms with E-state index in [9.17, 15) is 8.42 Å². The van der Waals surface area contributed by atoms with Crippen LogP contribution in [0.2, 0.25) is 0 Å². The number of hydrogen-bond acceptors (Lipinski definition) is 4. The Morgan fingerprint density at radius 3 is 2.55 bits per heavy atom. The predicted octanol–water partition coefficient (Wildman–Crippen LogP) is 2.06. The topological polar surface area (TPSA) is 76.9 Å². The first-order valence-electron chi connectivity index (χ1n) is 6.56. The summed E-state index contributed by atoms with van der Waals surface area (Å²) in [5.74, 6) is 0.928. The Bertz CT molecular complexity index is 541. The first kappa shape index (κ1) is 16.4. The largest absolute Gasteiger partial charge is 0.260 e. The van der Waals surface area contributed by atoms with Crippen LogP contribution < -0.4 is 4.72 Å². The molecule has 2 unspecified atom stereocenters. The Labute approximate surface area is 136 Å². The molecule has 0 amide bonds. The van der Waals surface area contributed by atoms with E-state index in [1.54, 1.807) is 7.05 Å². The molecule has 1 aliphatic rings. The molecule has 1 aromatic heterocycles. The van der Waals surface area contributed by atoms with Gasteiger partial charge < -0.3 is 0 Å². The fourth-order valence-corrected chi connectivity index (χ4v) is 5.69. The highest BCUT2D eigenvalue weighted by molar-refractivity contribution is 9.10. The normalized spacial score (nSPS) is 23.9. The van der Waals surface area contributed by atoms with Gasteiger partial charge in [0.25, 0.3) is 10.0 Å². The van der Waals surface area contributed by atoms with Gasteiger partial charge in [0.1, 0.15) is 0 Å². The average molecular weight is 430 g/mol. The zero-order valence-corrected chi connectivity index (χ0v) is 15.2. The Balaban J connectivity index is 2.06. The average Bonchev–Trinajstić information content (AvgIpc) is 2.77. The third kappa shape index (κ3) is 3.61. The first-order chi connectivity index (χ1) is 9.45. The maximum atomic E-state index is 12.3. The molecule has 2 rings (SSSR count). The number of alkyl halides is 1. The van der Waals surface area contributed by atoms with Gasteiger partial charge in [-0.15, -0.1) is 5.10 Å². The molecule has 20 heavy (non-hydrogen) atoms. The molecule has 1 fully saturated rings. The van der Waals surface area contributed by atoms with Gasteiger partial charge in [-0.2, -0.15) is 0 Å². The second kappa shape index (κ2) is 6.85. The molecule has 0 bridgehead atoms. The van der Waals surface area contributed by atoms with E-state index in [-0.39, 0.29) is 9.63 Å². The van der Waals surface area contributed by atoms with Crippen molar-refractivity contribution in [2.75, 3.05) is 11.9 Å². The van der Waals surface area contributed by atoms with E-state index in [1.165, 1.54) is 17.5 Å². The number of nitrogens with zero attached hydrogens (tertiary/aromatic N) is 3. The molecule has 0 saturated heterocycles. The van der Waals surface area contributed by atoms with E-state index >= 15 is 0 Å². The van der Waals surface area contributed by atoms with E-state index in [0.29, 0.717) is 18.4 Å². The zero-order valence-electron chi connectivity index (χ0n) is 11.2. The van der Waals surface area contributed by atoms with E-state index in [4.69, 9.17) is 0 Å². The van der Waals surface area contributed by atoms with Crippen LogP contribution in [-0.2, 0) is 17.1 Å². The molecule has 0 radical (unpaired) electrons. The third-order valence-corrected chi connectivity index (χ3v) is 6.93. The minimum Gasteiger partial charge on any atom is -0.235 e. The van der Waals surface area contributed by atoms with Crippen molar-refractivity contribution in [3.05, 3.63) is 4.60 Å². The van der Waals surface area contributed by atoms with Crippen molar-refractivity contribution >= 4 is 41.9 Å². The molecule has 0 aliphatic heterocycles. The van der Waals surface area contributed by atoms with Gasteiger partial charge in [0.15, 0.2) is 4.60 Å². The summed E-state index contributed by atoms with van der Waals surface area (Å²) in [5, 5.41) is 8.41. The lowest BCUT2D eigenvalue weighted by Gasteiger charge is -2.30. The quantitative estimate of drug-likeness (QED) is 0.726. The van der Waals surface area contributed by atoms with E-state index < -0.39 is 10.0 Å². The number of aromatic nitrogens is 3. The van der Waals surface area contributed by atoms with Crippen molar-refractivity contribution in [3.8, 4) is 0 Å². The minimum absolute atomic E-state index is 0.0729. The summed E-state index contributed by atoms with van der Waals surface area (Å²) < 4.78 is 28.8. The highest BCUT2D eigenvalue weighted by Crippen LogP contribution is 2.31. The van der Waals surface area contributed by atoms with Crippen LogP contribution in [0, 0.1) is 11.8 Å². The van der Waals surface area contributed by atoms with Crippen LogP contribution in [-0.4, -0.2) is 35.3 Å². The highest BCUT2D eigenvalue weighted by atomic mass is 79.9. The summed E-state index contributed by atoms with van der Waals surface area (Å²) in [7, 11) is -2.02. The molecule has 1 aromatic rings. The van der Waals surface area contributed by atoms with Crippen LogP contribution in [0.5, 0.6) is 0 Å². The minimum atomic E-state index is -3.58. The Morgan fingerprint density at radius 1 is 1.35 bits per heavy atom. The second-order valence-corrected chi connectivity index (χ2v) is 8.20. The van der Waals surface area contributed by atoms with Gasteiger partial charge in [-0.3, -0.25) is 0 Å². The van der Waals surface area contributed by atoms with Crippen molar-refractivity contribution in [3.63, 3.8) is 0 Å². The summed E-state index contributed by atoms with van der Waals surface area (Å²) in [4.78, 5) is 0. The van der Waals surface area contributed by atoms with Gasteiger partial charge in [-0.05, 0) is 40.6 Å². The molecule has 9 heteroatoms. The molecule has 1 heterocycles. The fourth-order valence-electron chi connectivity index (χ4n) is 2.65. The van der Waals surface area contributed by atoms with Crippen LogP contribution >= 0.6 is 31.9 Å². The summed E-state index contributed by atoms with van der Waals surface area (Å²) in [6, 6.07) is 0. The molecule has 2 atom stereocenters. The molecule has 1 aliphatic carbocycles. The maximum Gasteiger partial charge on any atom is 0.260 e. The number of nitrogens with one attached hydrogen (secondary N) is 1. The molecule has 0 spiro atoms. The SMILES string of the molecule is Cn1nnc(Br)c1S(=O)(=O)NCC1CCCCC1CBr. The molecular formula is C11H18Br2N4O2S. The zero-order chi connectivity index (χ0) is 14.8. The molecular weight excluding hydrogens is 412 g/mol. The number of halogens is 2. The van der Waals surface area contributed by atoms with Gasteiger partial charge in [-0.25, -0.2) is 17.8 Å². The number of aryl methyl sites for hydroxylation is 1. The van der Waals surface area contributed by atoms with Crippen molar-refractivity contribution in [1.29, 1.82) is 0 Å². The van der Waals surface area contributed by atoms with Crippen molar-refractivity contribution < 1.29 is 8.42 Å². The second-order valence-electron chi connectivity index (χ2n) is 5.12. The number of hydrogen-bond donors (Lipinski definition) is 1. The van der Waals surface area contributed by atoms with Gasteiger partial charge in [0.2, 0.25) is 5.03 Å². The van der Waals surface area contributed by atoms with Gasteiger partial charge in [0, 0.05) is 18.9 Å². The van der Waals surface area contributed by atoms with Crippen LogP contribution in [0.3, 0.4) is 0 Å². The number of sulfonamides is 1. The van der Waals surface area contributed by atoms with Crippen molar-refractivity contribution in [2.45, 2.75) is 30.7 Å².